The number of rotatable bonds is 4. The van der Waals surface area contributed by atoms with Crippen molar-refractivity contribution in [3.8, 4) is 0 Å². The molecule has 1 rings (SSSR count). The highest BCUT2D eigenvalue weighted by Gasteiger charge is 2.11. The maximum absolute atomic E-state index is 13.4. The fraction of sp³-hybridized carbons (Fsp3) is 0.200. The highest BCUT2D eigenvalue weighted by atomic mass is 79.9. The summed E-state index contributed by atoms with van der Waals surface area (Å²) in [4.78, 5) is 21.8. The van der Waals surface area contributed by atoms with Gasteiger partial charge in [0, 0.05) is 16.3 Å². The number of carbonyl (C=O) groups is 2. The van der Waals surface area contributed by atoms with Gasteiger partial charge in [-0.1, -0.05) is 0 Å². The van der Waals surface area contributed by atoms with Gasteiger partial charge in [-0.3, -0.25) is 9.59 Å². The van der Waals surface area contributed by atoms with Crippen molar-refractivity contribution in [2.45, 2.75) is 11.8 Å². The molecular formula is C10H9BrFNO3S. The Kier molecular flexibility index (Phi) is 4.95. The molecule has 17 heavy (non-hydrogen) atoms. The predicted molar refractivity (Wildman–Crippen MR) is 66.8 cm³/mol. The third-order valence-electron chi connectivity index (χ3n) is 1.68. The van der Waals surface area contributed by atoms with E-state index in [0.717, 1.165) is 11.8 Å². The van der Waals surface area contributed by atoms with E-state index >= 15 is 0 Å². The van der Waals surface area contributed by atoms with Crippen LogP contribution >= 0.6 is 27.7 Å². The van der Waals surface area contributed by atoms with Gasteiger partial charge in [-0.15, -0.1) is 11.8 Å². The van der Waals surface area contributed by atoms with Crippen molar-refractivity contribution in [1.82, 2.24) is 0 Å². The number of hydrogen-bond acceptors (Lipinski definition) is 3. The van der Waals surface area contributed by atoms with Crippen LogP contribution in [0.2, 0.25) is 0 Å². The number of carbonyl (C=O) groups excluding carboxylic acids is 1. The van der Waals surface area contributed by atoms with E-state index in [1.165, 1.54) is 19.1 Å². The molecule has 0 saturated heterocycles. The number of hydrogen-bond donors (Lipinski definition) is 2. The molecule has 1 aromatic carbocycles. The molecule has 1 aromatic rings. The van der Waals surface area contributed by atoms with Gasteiger partial charge in [0.25, 0.3) is 0 Å². The topological polar surface area (TPSA) is 66.4 Å². The third-order valence-corrected chi connectivity index (χ3v) is 3.64. The lowest BCUT2D eigenvalue weighted by Crippen LogP contribution is -2.08. The second-order valence-electron chi connectivity index (χ2n) is 3.13. The molecule has 7 heteroatoms. The number of anilines is 1. The minimum atomic E-state index is -0.965. The van der Waals surface area contributed by atoms with Crippen LogP contribution in [-0.4, -0.2) is 22.7 Å². The Labute approximate surface area is 110 Å². The third kappa shape index (κ3) is 4.35. The van der Waals surface area contributed by atoms with Crippen molar-refractivity contribution in [2.75, 3.05) is 11.1 Å². The first kappa shape index (κ1) is 14.0. The van der Waals surface area contributed by atoms with Gasteiger partial charge in [-0.2, -0.15) is 0 Å². The zero-order chi connectivity index (χ0) is 13.0. The van der Waals surface area contributed by atoms with Crippen molar-refractivity contribution < 1.29 is 19.1 Å². The predicted octanol–water partition coefficient (Wildman–Crippen LogP) is 2.72. The number of nitrogens with one attached hydrogen (secondary N) is 1. The number of aliphatic carboxylic acids is 1. The van der Waals surface area contributed by atoms with Crippen molar-refractivity contribution in [1.29, 1.82) is 0 Å². The minimum absolute atomic E-state index is 0.0357. The number of carboxylic acid groups (broad SMARTS) is 1. The van der Waals surface area contributed by atoms with Crippen LogP contribution in [0.25, 0.3) is 0 Å². The molecule has 1 amide bonds. The number of thioether (sulfide) groups is 1. The standard InChI is InChI=1S/C10H9BrFNO3S/c1-5(14)13-8-3-9(17-4-10(15)16)6(11)2-7(8)12/h2-3H,4H2,1H3,(H,13,14)(H,15,16). The summed E-state index contributed by atoms with van der Waals surface area (Å²) >= 11 is 4.17. The molecule has 0 aromatic heterocycles. The van der Waals surface area contributed by atoms with Gasteiger partial charge < -0.3 is 10.4 Å². The largest absolute Gasteiger partial charge is 0.481 e. The van der Waals surface area contributed by atoms with Crippen LogP contribution in [-0.2, 0) is 9.59 Å². The molecule has 0 unspecified atom stereocenters. The van der Waals surface area contributed by atoms with Gasteiger partial charge in [0.1, 0.15) is 5.82 Å². The Hall–Kier alpha value is -1.08. The van der Waals surface area contributed by atoms with Crippen molar-refractivity contribution in [3.63, 3.8) is 0 Å². The summed E-state index contributed by atoms with van der Waals surface area (Å²) in [5.41, 5.74) is 0.0357. The molecule has 0 saturated carbocycles. The lowest BCUT2D eigenvalue weighted by Gasteiger charge is -2.08. The Balaban J connectivity index is 2.97. The Bertz CT molecular complexity index is 467. The molecule has 0 aliphatic heterocycles. The Morgan fingerprint density at radius 3 is 2.71 bits per heavy atom. The summed E-state index contributed by atoms with van der Waals surface area (Å²) in [6.45, 7) is 1.27. The Morgan fingerprint density at radius 2 is 2.18 bits per heavy atom. The van der Waals surface area contributed by atoms with E-state index in [0.29, 0.717) is 9.37 Å². The number of amides is 1. The summed E-state index contributed by atoms with van der Waals surface area (Å²) in [5, 5.41) is 10.9. The van der Waals surface area contributed by atoms with Crippen LogP contribution in [0.1, 0.15) is 6.92 Å². The molecule has 0 aliphatic rings. The quantitative estimate of drug-likeness (QED) is 0.837. The van der Waals surface area contributed by atoms with E-state index in [4.69, 9.17) is 5.11 Å². The van der Waals surface area contributed by atoms with E-state index in [9.17, 15) is 14.0 Å². The van der Waals surface area contributed by atoms with Crippen LogP contribution in [0.15, 0.2) is 21.5 Å². The highest BCUT2D eigenvalue weighted by molar-refractivity contribution is 9.10. The van der Waals surface area contributed by atoms with Crippen LogP contribution in [0.4, 0.5) is 10.1 Å². The number of benzene rings is 1. The smallest absolute Gasteiger partial charge is 0.313 e. The first-order chi connectivity index (χ1) is 7.90. The van der Waals surface area contributed by atoms with E-state index < -0.39 is 11.8 Å². The van der Waals surface area contributed by atoms with Crippen molar-refractivity contribution >= 4 is 45.3 Å². The van der Waals surface area contributed by atoms with Crippen LogP contribution in [0, 0.1) is 5.82 Å². The molecule has 4 nitrogen and oxygen atoms in total. The summed E-state index contributed by atoms with van der Waals surface area (Å²) < 4.78 is 13.9. The number of carboxylic acids is 1. The van der Waals surface area contributed by atoms with Gasteiger partial charge in [0.05, 0.1) is 11.4 Å². The minimum Gasteiger partial charge on any atom is -0.481 e. The fourth-order valence-corrected chi connectivity index (χ4v) is 2.40. The fourth-order valence-electron chi connectivity index (χ4n) is 1.06. The first-order valence-corrected chi connectivity index (χ1v) is 6.29. The molecule has 92 valence electrons. The average Bonchev–Trinajstić information content (AvgIpc) is 2.19. The monoisotopic (exact) mass is 321 g/mol. The lowest BCUT2D eigenvalue weighted by molar-refractivity contribution is -0.133. The second-order valence-corrected chi connectivity index (χ2v) is 5.00. The molecule has 0 spiro atoms. The van der Waals surface area contributed by atoms with E-state index in [1.807, 2.05) is 0 Å². The molecule has 0 aliphatic carbocycles. The zero-order valence-electron chi connectivity index (χ0n) is 8.79. The summed E-state index contributed by atoms with van der Waals surface area (Å²) in [6.07, 6.45) is 0. The molecule has 0 bridgehead atoms. The van der Waals surface area contributed by atoms with Crippen molar-refractivity contribution in [2.24, 2.45) is 0 Å². The normalized spacial score (nSPS) is 10.1. The molecule has 0 radical (unpaired) electrons. The first-order valence-electron chi connectivity index (χ1n) is 4.51. The highest BCUT2D eigenvalue weighted by Crippen LogP contribution is 2.32. The van der Waals surface area contributed by atoms with Crippen LogP contribution in [0.5, 0.6) is 0 Å². The average molecular weight is 322 g/mol. The van der Waals surface area contributed by atoms with E-state index in [1.54, 1.807) is 0 Å². The SMILES string of the molecule is CC(=O)Nc1cc(SCC(=O)O)c(Br)cc1F. The lowest BCUT2D eigenvalue weighted by atomic mass is 10.3. The van der Waals surface area contributed by atoms with Gasteiger partial charge in [0.2, 0.25) is 5.91 Å². The van der Waals surface area contributed by atoms with Crippen LogP contribution < -0.4 is 5.32 Å². The molecule has 2 N–H and O–H groups in total. The second kappa shape index (κ2) is 6.02. The van der Waals surface area contributed by atoms with E-state index in [2.05, 4.69) is 21.2 Å². The van der Waals surface area contributed by atoms with Gasteiger partial charge in [-0.05, 0) is 28.1 Å². The molecule has 0 fully saturated rings. The van der Waals surface area contributed by atoms with Gasteiger partial charge >= 0.3 is 5.97 Å². The summed E-state index contributed by atoms with van der Waals surface area (Å²) in [5.74, 6) is -2.07. The van der Waals surface area contributed by atoms with Crippen molar-refractivity contribution in [3.05, 3.63) is 22.4 Å². The molecular weight excluding hydrogens is 313 g/mol. The maximum Gasteiger partial charge on any atom is 0.313 e. The van der Waals surface area contributed by atoms with Crippen LogP contribution in [0.3, 0.4) is 0 Å². The molecule has 0 heterocycles. The summed E-state index contributed by atoms with van der Waals surface area (Å²) in [7, 11) is 0. The van der Waals surface area contributed by atoms with Gasteiger partial charge in [-0.25, -0.2) is 4.39 Å². The molecule has 0 atom stereocenters. The zero-order valence-corrected chi connectivity index (χ0v) is 11.2. The number of halogens is 2. The van der Waals surface area contributed by atoms with Gasteiger partial charge in [0.15, 0.2) is 0 Å². The maximum atomic E-state index is 13.4. The van der Waals surface area contributed by atoms with E-state index in [-0.39, 0.29) is 17.3 Å². The Morgan fingerprint density at radius 1 is 1.53 bits per heavy atom. The summed E-state index contributed by atoms with van der Waals surface area (Å²) in [6, 6.07) is 2.59.